The van der Waals surface area contributed by atoms with E-state index < -0.39 is 0 Å². The SMILES string of the molecule is Nc1cc(N)cc(-c2n[nH]c(-c3ccccc3)n2)c1. The summed E-state index contributed by atoms with van der Waals surface area (Å²) in [5.41, 5.74) is 14.5. The maximum atomic E-state index is 5.77. The number of nitrogen functional groups attached to an aromatic ring is 2. The average Bonchev–Trinajstić information content (AvgIpc) is 2.88. The van der Waals surface area contributed by atoms with Crippen molar-refractivity contribution < 1.29 is 0 Å². The van der Waals surface area contributed by atoms with Gasteiger partial charge in [0.15, 0.2) is 11.6 Å². The van der Waals surface area contributed by atoms with E-state index in [1.807, 2.05) is 30.3 Å². The maximum absolute atomic E-state index is 5.77. The summed E-state index contributed by atoms with van der Waals surface area (Å²) in [6.45, 7) is 0. The molecule has 0 fully saturated rings. The molecular formula is C14H13N5. The number of nitrogens with two attached hydrogens (primary N) is 2. The van der Waals surface area contributed by atoms with Gasteiger partial charge in [0.25, 0.3) is 0 Å². The van der Waals surface area contributed by atoms with E-state index in [1.54, 1.807) is 18.2 Å². The number of nitrogens with one attached hydrogen (secondary N) is 1. The van der Waals surface area contributed by atoms with Crippen molar-refractivity contribution in [2.75, 3.05) is 11.5 Å². The normalized spacial score (nSPS) is 10.5. The van der Waals surface area contributed by atoms with Gasteiger partial charge in [0.1, 0.15) is 0 Å². The lowest BCUT2D eigenvalue weighted by molar-refractivity contribution is 1.10. The Hall–Kier alpha value is -2.82. The van der Waals surface area contributed by atoms with E-state index in [0.29, 0.717) is 17.2 Å². The lowest BCUT2D eigenvalue weighted by Crippen LogP contribution is -1.92. The van der Waals surface area contributed by atoms with Crippen LogP contribution in [0.5, 0.6) is 0 Å². The third-order valence-corrected chi connectivity index (χ3v) is 2.77. The zero-order valence-electron chi connectivity index (χ0n) is 10.2. The third kappa shape index (κ3) is 2.26. The van der Waals surface area contributed by atoms with E-state index in [0.717, 1.165) is 17.0 Å². The predicted molar refractivity (Wildman–Crippen MR) is 76.1 cm³/mol. The van der Waals surface area contributed by atoms with E-state index in [-0.39, 0.29) is 0 Å². The number of nitrogens with zero attached hydrogens (tertiary/aromatic N) is 2. The molecule has 1 heterocycles. The van der Waals surface area contributed by atoms with Gasteiger partial charge in [-0.2, -0.15) is 5.10 Å². The molecule has 0 bridgehead atoms. The second-order valence-corrected chi connectivity index (χ2v) is 4.26. The first-order chi connectivity index (χ1) is 9.22. The highest BCUT2D eigenvalue weighted by molar-refractivity contribution is 5.69. The number of hydrogen-bond acceptors (Lipinski definition) is 4. The largest absolute Gasteiger partial charge is 0.399 e. The second kappa shape index (κ2) is 4.45. The van der Waals surface area contributed by atoms with Crippen molar-refractivity contribution in [2.24, 2.45) is 0 Å². The topological polar surface area (TPSA) is 93.6 Å². The van der Waals surface area contributed by atoms with E-state index in [4.69, 9.17) is 11.5 Å². The minimum Gasteiger partial charge on any atom is -0.399 e. The minimum absolute atomic E-state index is 0.581. The van der Waals surface area contributed by atoms with Crippen LogP contribution in [0.25, 0.3) is 22.8 Å². The zero-order valence-corrected chi connectivity index (χ0v) is 10.2. The van der Waals surface area contributed by atoms with Crippen LogP contribution in [-0.4, -0.2) is 15.2 Å². The number of H-pyrrole nitrogens is 1. The molecule has 1 aromatic heterocycles. The van der Waals surface area contributed by atoms with Crippen molar-refractivity contribution in [1.29, 1.82) is 0 Å². The summed E-state index contributed by atoms with van der Waals surface area (Å²) >= 11 is 0. The van der Waals surface area contributed by atoms with E-state index in [1.165, 1.54) is 0 Å². The monoisotopic (exact) mass is 251 g/mol. The fourth-order valence-corrected chi connectivity index (χ4v) is 1.92. The molecule has 5 nitrogen and oxygen atoms in total. The molecule has 0 saturated heterocycles. The van der Waals surface area contributed by atoms with Crippen molar-refractivity contribution in [3.8, 4) is 22.8 Å². The van der Waals surface area contributed by atoms with Gasteiger partial charge in [0, 0.05) is 22.5 Å². The first kappa shape index (κ1) is 11.3. The summed E-state index contributed by atoms with van der Waals surface area (Å²) in [6, 6.07) is 15.1. The lowest BCUT2D eigenvalue weighted by atomic mass is 10.1. The number of benzene rings is 2. The molecule has 0 aliphatic carbocycles. The quantitative estimate of drug-likeness (QED) is 0.609. The summed E-state index contributed by atoms with van der Waals surface area (Å²) in [7, 11) is 0. The molecule has 0 atom stereocenters. The summed E-state index contributed by atoms with van der Waals surface area (Å²) in [6.07, 6.45) is 0. The predicted octanol–water partition coefficient (Wildman–Crippen LogP) is 2.30. The highest BCUT2D eigenvalue weighted by Crippen LogP contribution is 2.23. The molecule has 0 radical (unpaired) electrons. The smallest absolute Gasteiger partial charge is 0.181 e. The van der Waals surface area contributed by atoms with Crippen LogP contribution in [0, 0.1) is 0 Å². The van der Waals surface area contributed by atoms with Gasteiger partial charge in [-0.25, -0.2) is 4.98 Å². The summed E-state index contributed by atoms with van der Waals surface area (Å²) < 4.78 is 0. The second-order valence-electron chi connectivity index (χ2n) is 4.26. The first-order valence-corrected chi connectivity index (χ1v) is 5.86. The minimum atomic E-state index is 0.581. The van der Waals surface area contributed by atoms with Gasteiger partial charge < -0.3 is 11.5 Å². The number of anilines is 2. The molecule has 0 amide bonds. The highest BCUT2D eigenvalue weighted by atomic mass is 15.2. The Labute approximate surface area is 110 Å². The molecule has 5 heteroatoms. The molecule has 3 aromatic rings. The molecule has 0 saturated carbocycles. The fraction of sp³-hybridized carbons (Fsp3) is 0. The standard InChI is InChI=1S/C14H13N5/c15-11-6-10(7-12(16)8-11)14-17-13(18-19-14)9-4-2-1-3-5-9/h1-8H,15-16H2,(H,17,18,19). The van der Waals surface area contributed by atoms with Gasteiger partial charge in [-0.15, -0.1) is 0 Å². The van der Waals surface area contributed by atoms with Gasteiger partial charge in [-0.05, 0) is 18.2 Å². The maximum Gasteiger partial charge on any atom is 0.181 e. The van der Waals surface area contributed by atoms with Gasteiger partial charge in [0.2, 0.25) is 0 Å². The van der Waals surface area contributed by atoms with Crippen LogP contribution in [0.3, 0.4) is 0 Å². The van der Waals surface area contributed by atoms with Gasteiger partial charge in [0.05, 0.1) is 0 Å². The Balaban J connectivity index is 2.02. The number of rotatable bonds is 2. The fourth-order valence-electron chi connectivity index (χ4n) is 1.92. The average molecular weight is 251 g/mol. The van der Waals surface area contributed by atoms with E-state index in [9.17, 15) is 0 Å². The lowest BCUT2D eigenvalue weighted by Gasteiger charge is -2.00. The summed E-state index contributed by atoms with van der Waals surface area (Å²) in [5, 5.41) is 7.11. The molecule has 19 heavy (non-hydrogen) atoms. The van der Waals surface area contributed by atoms with Crippen molar-refractivity contribution in [2.45, 2.75) is 0 Å². The van der Waals surface area contributed by atoms with Crippen LogP contribution in [0.4, 0.5) is 11.4 Å². The Morgan fingerprint density at radius 1 is 0.842 bits per heavy atom. The zero-order chi connectivity index (χ0) is 13.2. The van der Waals surface area contributed by atoms with E-state index in [2.05, 4.69) is 15.2 Å². The van der Waals surface area contributed by atoms with Gasteiger partial charge in [-0.3, -0.25) is 5.10 Å². The summed E-state index contributed by atoms with van der Waals surface area (Å²) in [4.78, 5) is 4.46. The molecule has 5 N–H and O–H groups in total. The van der Waals surface area contributed by atoms with Crippen LogP contribution >= 0.6 is 0 Å². The van der Waals surface area contributed by atoms with E-state index >= 15 is 0 Å². The third-order valence-electron chi connectivity index (χ3n) is 2.77. The summed E-state index contributed by atoms with van der Waals surface area (Å²) in [5.74, 6) is 1.30. The van der Waals surface area contributed by atoms with Crippen LogP contribution in [0.2, 0.25) is 0 Å². The number of hydrogen-bond donors (Lipinski definition) is 3. The highest BCUT2D eigenvalue weighted by Gasteiger charge is 2.08. The molecular weight excluding hydrogens is 238 g/mol. The Kier molecular flexibility index (Phi) is 2.64. The molecule has 3 rings (SSSR count). The van der Waals surface area contributed by atoms with Crippen LogP contribution in [0.15, 0.2) is 48.5 Å². The van der Waals surface area contributed by atoms with Crippen molar-refractivity contribution in [3.05, 3.63) is 48.5 Å². The van der Waals surface area contributed by atoms with Crippen molar-refractivity contribution in [1.82, 2.24) is 15.2 Å². The first-order valence-electron chi connectivity index (χ1n) is 5.86. The van der Waals surface area contributed by atoms with Gasteiger partial charge >= 0.3 is 0 Å². The van der Waals surface area contributed by atoms with Crippen LogP contribution < -0.4 is 11.5 Å². The van der Waals surface area contributed by atoms with Crippen LogP contribution in [-0.2, 0) is 0 Å². The van der Waals surface area contributed by atoms with Crippen molar-refractivity contribution in [3.63, 3.8) is 0 Å². The molecule has 94 valence electrons. The Morgan fingerprint density at radius 2 is 1.53 bits per heavy atom. The molecule has 0 aliphatic heterocycles. The van der Waals surface area contributed by atoms with Crippen LogP contribution in [0.1, 0.15) is 0 Å². The molecule has 2 aromatic carbocycles. The molecule has 0 unspecified atom stereocenters. The number of aromatic amines is 1. The molecule has 0 spiro atoms. The van der Waals surface area contributed by atoms with Crippen molar-refractivity contribution >= 4 is 11.4 Å². The Morgan fingerprint density at radius 3 is 2.21 bits per heavy atom. The number of aromatic nitrogens is 3. The molecule has 0 aliphatic rings. The van der Waals surface area contributed by atoms with Gasteiger partial charge in [-0.1, -0.05) is 30.3 Å². The Bertz CT molecular complexity index is 683.